The van der Waals surface area contributed by atoms with Crippen molar-refractivity contribution in [3.05, 3.63) is 168 Å². The second-order valence-corrected chi connectivity index (χ2v) is 12.5. The van der Waals surface area contributed by atoms with Crippen LogP contribution in [-0.4, -0.2) is 10.3 Å². The SMILES string of the molecule is FC(F)(F)c1ccc([C@H]2CCC(c3ccc(-n4c5ccccc5c5ccccc54)cc3)=Nc3c2c2ccccc2c2ccccc32)cc1. The highest BCUT2D eigenvalue weighted by Crippen LogP contribution is 2.48. The molecule has 2 nitrogen and oxygen atoms in total. The summed E-state index contributed by atoms with van der Waals surface area (Å²) in [5.41, 5.74) is 7.59. The third-order valence-corrected chi connectivity index (χ3v) is 9.89. The number of aromatic nitrogens is 1. The van der Waals surface area contributed by atoms with Crippen LogP contribution in [0.5, 0.6) is 0 Å². The van der Waals surface area contributed by atoms with Gasteiger partial charge in [-0.15, -0.1) is 0 Å². The minimum absolute atomic E-state index is 0.130. The maximum atomic E-state index is 13.5. The topological polar surface area (TPSA) is 17.3 Å². The summed E-state index contributed by atoms with van der Waals surface area (Å²) in [6.45, 7) is 0. The fourth-order valence-corrected chi connectivity index (χ4v) is 7.69. The van der Waals surface area contributed by atoms with Gasteiger partial charge in [0.15, 0.2) is 0 Å². The maximum Gasteiger partial charge on any atom is 0.416 e. The van der Waals surface area contributed by atoms with Gasteiger partial charge < -0.3 is 4.57 Å². The summed E-state index contributed by atoms with van der Waals surface area (Å²) >= 11 is 0. The summed E-state index contributed by atoms with van der Waals surface area (Å²) in [4.78, 5) is 5.44. The van der Waals surface area contributed by atoms with Gasteiger partial charge >= 0.3 is 6.18 Å². The first kappa shape index (κ1) is 28.5. The molecule has 0 unspecified atom stereocenters. The van der Waals surface area contributed by atoms with E-state index in [1.807, 2.05) is 24.3 Å². The first-order valence-corrected chi connectivity index (χ1v) is 16.2. The molecule has 1 atom stereocenters. The Labute approximate surface area is 275 Å². The van der Waals surface area contributed by atoms with Gasteiger partial charge in [0.2, 0.25) is 0 Å². The van der Waals surface area contributed by atoms with Crippen molar-refractivity contribution in [2.24, 2.45) is 4.99 Å². The minimum Gasteiger partial charge on any atom is -0.309 e. The Morgan fingerprint density at radius 3 is 1.67 bits per heavy atom. The summed E-state index contributed by atoms with van der Waals surface area (Å²) in [5, 5.41) is 6.81. The van der Waals surface area contributed by atoms with E-state index in [0.717, 1.165) is 66.4 Å². The zero-order valence-corrected chi connectivity index (χ0v) is 25.9. The highest BCUT2D eigenvalue weighted by atomic mass is 19.4. The molecule has 0 saturated carbocycles. The molecular weight excluding hydrogens is 601 g/mol. The first-order chi connectivity index (χ1) is 23.5. The number of fused-ring (bicyclic) bond motifs is 9. The van der Waals surface area contributed by atoms with Crippen LogP contribution >= 0.6 is 0 Å². The van der Waals surface area contributed by atoms with E-state index in [0.29, 0.717) is 12.8 Å². The molecule has 1 aliphatic heterocycles. The Bertz CT molecular complexity index is 2490. The number of para-hydroxylation sites is 2. The van der Waals surface area contributed by atoms with Crippen molar-refractivity contribution in [2.75, 3.05) is 0 Å². The van der Waals surface area contributed by atoms with Crippen molar-refractivity contribution in [3.8, 4) is 5.69 Å². The highest BCUT2D eigenvalue weighted by molar-refractivity contribution is 6.17. The molecule has 0 N–H and O–H groups in total. The fourth-order valence-electron chi connectivity index (χ4n) is 7.69. The average Bonchev–Trinajstić information content (AvgIpc) is 3.32. The monoisotopic (exact) mass is 630 g/mol. The Morgan fingerprint density at radius 1 is 0.542 bits per heavy atom. The lowest BCUT2D eigenvalue weighted by Crippen LogP contribution is -2.07. The number of alkyl halides is 3. The highest BCUT2D eigenvalue weighted by Gasteiger charge is 2.32. The molecule has 0 radical (unpaired) electrons. The van der Waals surface area contributed by atoms with Gasteiger partial charge in [-0.3, -0.25) is 4.99 Å². The van der Waals surface area contributed by atoms with Gasteiger partial charge in [-0.2, -0.15) is 13.2 Å². The molecule has 0 bridgehead atoms. The first-order valence-electron chi connectivity index (χ1n) is 16.2. The molecule has 0 saturated heterocycles. The van der Waals surface area contributed by atoms with Gasteiger partial charge in [-0.1, -0.05) is 109 Å². The standard InChI is InChI=1S/C43H29F3N2/c44-43(45,46)29-21-17-27(18-22-29)31-25-26-38(47-42-37-14-4-2-10-33(37)32-9-1-3-13-36(32)41(31)42)28-19-23-30(24-20-28)48-39-15-7-5-11-34(39)35-12-6-8-16-40(35)48/h1-24,31H,25-26H2/t31-/m1/s1. The molecular formula is C43H29F3N2. The van der Waals surface area contributed by atoms with Crippen molar-refractivity contribution in [3.63, 3.8) is 0 Å². The number of aliphatic imine (C=N–C) groups is 1. The van der Waals surface area contributed by atoms with E-state index in [9.17, 15) is 13.2 Å². The van der Waals surface area contributed by atoms with Gasteiger partial charge in [0.1, 0.15) is 0 Å². The van der Waals surface area contributed by atoms with Crippen molar-refractivity contribution in [1.82, 2.24) is 4.57 Å². The molecule has 0 spiro atoms. The lowest BCUT2D eigenvalue weighted by molar-refractivity contribution is -0.137. The molecule has 5 heteroatoms. The van der Waals surface area contributed by atoms with Crippen LogP contribution in [0.3, 0.4) is 0 Å². The summed E-state index contributed by atoms with van der Waals surface area (Å²) in [5.74, 6) is -0.130. The molecule has 8 aromatic rings. The lowest BCUT2D eigenvalue weighted by atomic mass is 9.82. The number of hydrogen-bond donors (Lipinski definition) is 0. The lowest BCUT2D eigenvalue weighted by Gasteiger charge is -2.22. The Kier molecular flexibility index (Phi) is 6.51. The van der Waals surface area contributed by atoms with Crippen LogP contribution in [0.2, 0.25) is 0 Å². The van der Waals surface area contributed by atoms with Gasteiger partial charge in [0.25, 0.3) is 0 Å². The predicted molar refractivity (Wildman–Crippen MR) is 191 cm³/mol. The van der Waals surface area contributed by atoms with Crippen LogP contribution in [0.25, 0.3) is 49.0 Å². The fraction of sp³-hybridized carbons (Fsp3) is 0.0930. The summed E-state index contributed by atoms with van der Waals surface area (Å²) in [6.07, 6.45) is -2.99. The van der Waals surface area contributed by atoms with Gasteiger partial charge in [-0.25, -0.2) is 0 Å². The third-order valence-electron chi connectivity index (χ3n) is 9.89. The van der Waals surface area contributed by atoms with Gasteiger partial charge in [0, 0.05) is 33.5 Å². The van der Waals surface area contributed by atoms with Crippen LogP contribution in [0.4, 0.5) is 18.9 Å². The molecule has 0 fully saturated rings. The van der Waals surface area contributed by atoms with E-state index < -0.39 is 11.7 Å². The molecule has 2 heterocycles. The van der Waals surface area contributed by atoms with Crippen molar-refractivity contribution in [1.29, 1.82) is 0 Å². The molecule has 9 rings (SSSR count). The zero-order valence-electron chi connectivity index (χ0n) is 25.9. The van der Waals surface area contributed by atoms with E-state index >= 15 is 0 Å². The Morgan fingerprint density at radius 2 is 1.06 bits per heavy atom. The normalized spacial score (nSPS) is 15.1. The Hall–Kier alpha value is -5.68. The van der Waals surface area contributed by atoms with E-state index in [4.69, 9.17) is 4.99 Å². The predicted octanol–water partition coefficient (Wildman–Crippen LogP) is 12.2. The average molecular weight is 631 g/mol. The molecule has 232 valence electrons. The molecule has 7 aromatic carbocycles. The van der Waals surface area contributed by atoms with E-state index in [-0.39, 0.29) is 5.92 Å². The maximum absolute atomic E-state index is 13.5. The van der Waals surface area contributed by atoms with E-state index in [2.05, 4.69) is 102 Å². The molecule has 0 aliphatic carbocycles. The Balaban J connectivity index is 1.21. The number of nitrogens with zero attached hydrogens (tertiary/aromatic N) is 2. The van der Waals surface area contributed by atoms with Crippen LogP contribution < -0.4 is 0 Å². The van der Waals surface area contributed by atoms with Crippen molar-refractivity contribution >= 4 is 54.7 Å². The molecule has 48 heavy (non-hydrogen) atoms. The van der Waals surface area contributed by atoms with E-state index in [1.165, 1.54) is 22.9 Å². The number of hydrogen-bond acceptors (Lipinski definition) is 1. The summed E-state index contributed by atoms with van der Waals surface area (Å²) in [7, 11) is 0. The van der Waals surface area contributed by atoms with Crippen LogP contribution in [0.15, 0.2) is 151 Å². The molecule has 1 aliphatic rings. The van der Waals surface area contributed by atoms with Gasteiger partial charge in [0.05, 0.1) is 22.3 Å². The van der Waals surface area contributed by atoms with Crippen LogP contribution in [0, 0.1) is 0 Å². The molecule has 1 aromatic heterocycles. The third kappa shape index (κ3) is 4.53. The zero-order chi connectivity index (χ0) is 32.4. The van der Waals surface area contributed by atoms with E-state index in [1.54, 1.807) is 12.1 Å². The number of benzene rings is 7. The van der Waals surface area contributed by atoms with Gasteiger partial charge in [-0.05, 0) is 82.1 Å². The second kappa shape index (κ2) is 11.0. The molecule has 0 amide bonds. The number of halogens is 3. The van der Waals surface area contributed by atoms with Crippen LogP contribution in [-0.2, 0) is 6.18 Å². The summed E-state index contributed by atoms with van der Waals surface area (Å²) in [6, 6.07) is 47.9. The van der Waals surface area contributed by atoms with Crippen molar-refractivity contribution in [2.45, 2.75) is 24.9 Å². The summed E-state index contributed by atoms with van der Waals surface area (Å²) < 4.78 is 42.9. The smallest absolute Gasteiger partial charge is 0.309 e. The minimum atomic E-state index is -4.38. The van der Waals surface area contributed by atoms with Crippen LogP contribution in [0.1, 0.15) is 41.0 Å². The van der Waals surface area contributed by atoms with Crippen molar-refractivity contribution < 1.29 is 13.2 Å². The quantitative estimate of drug-likeness (QED) is 0.173. The second-order valence-electron chi connectivity index (χ2n) is 12.5. The largest absolute Gasteiger partial charge is 0.416 e. The number of rotatable bonds is 3.